The van der Waals surface area contributed by atoms with Crippen molar-refractivity contribution in [3.05, 3.63) is 66.1 Å². The Hall–Kier alpha value is -2.88. The second-order valence-electron chi connectivity index (χ2n) is 8.98. The second-order valence-corrected chi connectivity index (χ2v) is 11.1. The first-order valence-electron chi connectivity index (χ1n) is 11.7. The Labute approximate surface area is 201 Å². The molecule has 0 N–H and O–H groups in total. The van der Waals surface area contributed by atoms with Crippen molar-refractivity contribution in [2.45, 2.75) is 17.9 Å². The van der Waals surface area contributed by atoms with Gasteiger partial charge in [-0.15, -0.1) is 0 Å². The number of benzene rings is 1. The monoisotopic (exact) mass is 478 g/mol. The summed E-state index contributed by atoms with van der Waals surface area (Å²) in [5, 5.41) is 0. The maximum atomic E-state index is 12.8. The summed E-state index contributed by atoms with van der Waals surface area (Å²) in [6, 6.07) is 12.6. The number of aromatic nitrogens is 3. The minimum absolute atomic E-state index is 0.103. The largest absolute Gasteiger partial charge is 0.354 e. The van der Waals surface area contributed by atoms with Crippen LogP contribution in [-0.2, 0) is 22.8 Å². The molecule has 8 nitrogen and oxygen atoms in total. The number of anilines is 1. The molecule has 0 aliphatic carbocycles. The Kier molecular flexibility index (Phi) is 6.58. The average molecular weight is 479 g/mol. The van der Waals surface area contributed by atoms with Crippen LogP contribution in [0.25, 0.3) is 11.4 Å². The van der Waals surface area contributed by atoms with Crippen LogP contribution in [0.4, 0.5) is 5.82 Å². The molecule has 0 saturated carbocycles. The highest BCUT2D eigenvalue weighted by Gasteiger charge is 2.28. The number of rotatable bonds is 6. The third-order valence-corrected chi connectivity index (χ3v) is 8.35. The number of fused-ring (bicyclic) bond motifs is 1. The molecule has 1 aromatic carbocycles. The van der Waals surface area contributed by atoms with Crippen LogP contribution in [0.5, 0.6) is 0 Å². The van der Waals surface area contributed by atoms with Crippen LogP contribution in [0.2, 0.25) is 0 Å². The van der Waals surface area contributed by atoms with E-state index in [1.807, 2.05) is 18.2 Å². The predicted octanol–water partition coefficient (Wildman–Crippen LogP) is 2.12. The summed E-state index contributed by atoms with van der Waals surface area (Å²) in [6.07, 6.45) is 4.31. The summed E-state index contributed by atoms with van der Waals surface area (Å²) in [4.78, 5) is 21.4. The lowest BCUT2D eigenvalue weighted by molar-refractivity contribution is 0.265. The fourth-order valence-electron chi connectivity index (χ4n) is 4.55. The first-order chi connectivity index (χ1) is 16.5. The van der Waals surface area contributed by atoms with Crippen LogP contribution in [0.15, 0.2) is 59.8 Å². The number of piperazine rings is 1. The van der Waals surface area contributed by atoms with E-state index < -0.39 is 9.84 Å². The second kappa shape index (κ2) is 9.77. The molecule has 0 bridgehead atoms. The molecule has 34 heavy (non-hydrogen) atoms. The highest BCUT2D eigenvalue weighted by Crippen LogP contribution is 2.30. The molecule has 2 aliphatic rings. The molecule has 0 spiro atoms. The lowest BCUT2D eigenvalue weighted by Gasteiger charge is -2.37. The van der Waals surface area contributed by atoms with E-state index in [0.29, 0.717) is 18.0 Å². The van der Waals surface area contributed by atoms with Gasteiger partial charge in [0.05, 0.1) is 16.3 Å². The number of hydrogen-bond acceptors (Lipinski definition) is 8. The smallest absolute Gasteiger partial charge is 0.179 e. The normalized spacial score (nSPS) is 17.5. The lowest BCUT2D eigenvalue weighted by atomic mass is 10.0. The van der Waals surface area contributed by atoms with E-state index >= 15 is 0 Å². The maximum absolute atomic E-state index is 12.8. The number of hydrogen-bond donors (Lipinski definition) is 0. The molecular formula is C25H30N6O2S. The van der Waals surface area contributed by atoms with Gasteiger partial charge in [-0.25, -0.2) is 18.4 Å². The van der Waals surface area contributed by atoms with E-state index in [1.54, 1.807) is 36.7 Å². The van der Waals surface area contributed by atoms with Crippen molar-refractivity contribution < 1.29 is 8.42 Å². The molecule has 4 heterocycles. The van der Waals surface area contributed by atoms with E-state index in [1.165, 1.54) is 0 Å². The van der Waals surface area contributed by atoms with Crippen molar-refractivity contribution in [1.82, 2.24) is 24.8 Å². The van der Waals surface area contributed by atoms with Gasteiger partial charge in [-0.2, -0.15) is 0 Å². The van der Waals surface area contributed by atoms with Crippen LogP contribution >= 0.6 is 0 Å². The topological polar surface area (TPSA) is 82.5 Å². The van der Waals surface area contributed by atoms with Gasteiger partial charge >= 0.3 is 0 Å². The highest BCUT2D eigenvalue weighted by molar-refractivity contribution is 7.91. The zero-order valence-electron chi connectivity index (χ0n) is 19.5. The van der Waals surface area contributed by atoms with Crippen LogP contribution in [0, 0.1) is 0 Å². The summed E-state index contributed by atoms with van der Waals surface area (Å²) in [5.41, 5.74) is 3.16. The van der Waals surface area contributed by atoms with Gasteiger partial charge in [0, 0.05) is 75.8 Å². The Morgan fingerprint density at radius 3 is 2.38 bits per heavy atom. The van der Waals surface area contributed by atoms with Gasteiger partial charge < -0.3 is 9.80 Å². The van der Waals surface area contributed by atoms with Crippen LogP contribution in [0.1, 0.15) is 11.3 Å². The summed E-state index contributed by atoms with van der Waals surface area (Å²) < 4.78 is 25.6. The van der Waals surface area contributed by atoms with Crippen molar-refractivity contribution in [1.29, 1.82) is 0 Å². The van der Waals surface area contributed by atoms with Crippen molar-refractivity contribution >= 4 is 15.7 Å². The quantitative estimate of drug-likeness (QED) is 0.533. The highest BCUT2D eigenvalue weighted by atomic mass is 32.2. The molecule has 5 rings (SSSR count). The van der Waals surface area contributed by atoms with E-state index in [-0.39, 0.29) is 5.75 Å². The molecule has 0 radical (unpaired) electrons. The Bertz CT molecular complexity index is 1230. The number of sulfone groups is 1. The molecule has 0 atom stereocenters. The van der Waals surface area contributed by atoms with Crippen molar-refractivity contribution in [2.75, 3.05) is 57.0 Å². The van der Waals surface area contributed by atoms with Gasteiger partial charge in [-0.1, -0.05) is 18.2 Å². The minimum Gasteiger partial charge on any atom is -0.354 e. The molecule has 1 saturated heterocycles. The summed E-state index contributed by atoms with van der Waals surface area (Å²) >= 11 is 0. The average Bonchev–Trinajstić information content (AvgIpc) is 2.88. The minimum atomic E-state index is -3.31. The van der Waals surface area contributed by atoms with Crippen molar-refractivity contribution in [3.63, 3.8) is 0 Å². The molecule has 9 heteroatoms. The first kappa shape index (κ1) is 22.9. The number of likely N-dealkylation sites (N-methyl/N-ethyl adjacent to an activating group) is 1. The number of pyridine rings is 1. The third-order valence-electron chi connectivity index (χ3n) is 6.64. The molecule has 2 aliphatic heterocycles. The summed E-state index contributed by atoms with van der Waals surface area (Å²) in [5.74, 6) is 1.82. The lowest BCUT2D eigenvalue weighted by Crippen LogP contribution is -2.46. The number of nitrogens with zero attached hydrogens (tertiary/aromatic N) is 6. The molecule has 178 valence electrons. The molecule has 0 unspecified atom stereocenters. The van der Waals surface area contributed by atoms with Crippen LogP contribution < -0.4 is 4.90 Å². The Balaban J connectivity index is 1.40. The molecule has 2 aromatic heterocycles. The van der Waals surface area contributed by atoms with Gasteiger partial charge in [0.25, 0.3) is 0 Å². The fraction of sp³-hybridized carbons (Fsp3) is 0.400. The Morgan fingerprint density at radius 1 is 0.912 bits per heavy atom. The Morgan fingerprint density at radius 2 is 1.65 bits per heavy atom. The SMILES string of the molecule is CN1CCN(c2nc(-c3ccncc3)nc3c2CN(CCS(=O)(=O)c2ccccc2)CC3)CC1. The maximum Gasteiger partial charge on any atom is 0.179 e. The van der Waals surface area contributed by atoms with Crippen molar-refractivity contribution in [3.8, 4) is 11.4 Å². The van der Waals surface area contributed by atoms with E-state index in [4.69, 9.17) is 9.97 Å². The third kappa shape index (κ3) is 4.96. The fourth-order valence-corrected chi connectivity index (χ4v) is 5.85. The summed E-state index contributed by atoms with van der Waals surface area (Å²) in [7, 11) is -1.17. The van der Waals surface area contributed by atoms with Gasteiger partial charge in [0.15, 0.2) is 15.7 Å². The molecular weight excluding hydrogens is 448 g/mol. The predicted molar refractivity (Wildman–Crippen MR) is 132 cm³/mol. The van der Waals surface area contributed by atoms with Crippen LogP contribution in [0.3, 0.4) is 0 Å². The standard InChI is InChI=1S/C25H30N6O2S/c1-29-13-15-31(16-14-29)25-22-19-30(17-18-34(32,33)21-5-3-2-4-6-21)12-9-23(22)27-24(28-25)20-7-10-26-11-8-20/h2-8,10-11H,9,12-19H2,1H3. The van der Waals surface area contributed by atoms with Crippen LogP contribution in [-0.4, -0.2) is 85.2 Å². The van der Waals surface area contributed by atoms with Gasteiger partial charge in [-0.3, -0.25) is 9.88 Å². The molecule has 3 aromatic rings. The van der Waals surface area contributed by atoms with Gasteiger partial charge in [-0.05, 0) is 31.3 Å². The zero-order valence-corrected chi connectivity index (χ0v) is 20.3. The van der Waals surface area contributed by atoms with E-state index in [0.717, 1.165) is 67.6 Å². The molecule has 0 amide bonds. The summed E-state index contributed by atoms with van der Waals surface area (Å²) in [6.45, 7) is 5.75. The van der Waals surface area contributed by atoms with Gasteiger partial charge in [0.2, 0.25) is 0 Å². The van der Waals surface area contributed by atoms with Gasteiger partial charge in [0.1, 0.15) is 5.82 Å². The molecule has 1 fully saturated rings. The van der Waals surface area contributed by atoms with E-state index in [9.17, 15) is 8.42 Å². The van der Waals surface area contributed by atoms with Crippen molar-refractivity contribution in [2.24, 2.45) is 0 Å². The first-order valence-corrected chi connectivity index (χ1v) is 13.4. The van der Waals surface area contributed by atoms with E-state index in [2.05, 4.69) is 26.7 Å². The zero-order chi connectivity index (χ0) is 23.5.